The van der Waals surface area contributed by atoms with Gasteiger partial charge in [0.1, 0.15) is 12.3 Å². The molecule has 1 rings (SSSR count). The molecule has 0 spiro atoms. The van der Waals surface area contributed by atoms with E-state index in [4.69, 9.17) is 5.21 Å². The number of hydrogen-bond acceptors (Lipinski definition) is 2. The number of quaternary nitrogens is 1. The van der Waals surface area contributed by atoms with Gasteiger partial charge >= 0.3 is 0 Å². The monoisotopic (exact) mass is 234 g/mol. The van der Waals surface area contributed by atoms with Crippen molar-refractivity contribution in [3.8, 4) is 0 Å². The van der Waals surface area contributed by atoms with Crippen molar-refractivity contribution in [3.63, 3.8) is 0 Å². The molecule has 1 aliphatic rings. The van der Waals surface area contributed by atoms with Crippen molar-refractivity contribution in [3.05, 3.63) is 10.1 Å². The number of rotatable bonds is 2. The van der Waals surface area contributed by atoms with Crippen LogP contribution in [-0.4, -0.2) is 17.5 Å². The van der Waals surface area contributed by atoms with Crippen LogP contribution in [0.5, 0.6) is 0 Å². The van der Waals surface area contributed by atoms with Crippen molar-refractivity contribution < 1.29 is 15.5 Å². The Hall–Kier alpha value is -0.190. The van der Waals surface area contributed by atoms with Gasteiger partial charge < -0.3 is 0 Å². The van der Waals surface area contributed by atoms with E-state index in [2.05, 4.69) is 22.9 Å². The summed E-state index contributed by atoms with van der Waals surface area (Å²) in [7, 11) is 0. The van der Waals surface area contributed by atoms with E-state index >= 15 is 0 Å². The Morgan fingerprint density at radius 1 is 1.67 bits per heavy atom. The Kier molecular flexibility index (Phi) is 3.43. The van der Waals surface area contributed by atoms with Gasteiger partial charge in [-0.15, -0.1) is 0 Å². The topological polar surface area (TPSA) is 53.9 Å². The van der Waals surface area contributed by atoms with E-state index < -0.39 is 0 Å². The first kappa shape index (κ1) is 9.89. The summed E-state index contributed by atoms with van der Waals surface area (Å²) in [6.07, 6.45) is 2.37. The van der Waals surface area contributed by atoms with E-state index in [1.54, 1.807) is 0 Å². The molecule has 1 aliphatic carbocycles. The summed E-state index contributed by atoms with van der Waals surface area (Å²) in [4.78, 5) is 10.6. The number of hydrogen-bond donors (Lipinski definition) is 2. The van der Waals surface area contributed by atoms with Crippen molar-refractivity contribution in [1.29, 1.82) is 0 Å². The smallest absolute Gasteiger partial charge is 0.147 e. The van der Waals surface area contributed by atoms with Gasteiger partial charge in [-0.05, 0) is 6.42 Å². The lowest BCUT2D eigenvalue weighted by Crippen LogP contribution is -2.88. The van der Waals surface area contributed by atoms with Crippen LogP contribution in [0.1, 0.15) is 19.8 Å². The highest BCUT2D eigenvalue weighted by atomic mass is 79.9. The Balaban J connectivity index is 2.76. The zero-order valence-corrected chi connectivity index (χ0v) is 8.54. The fraction of sp³-hybridized carbons (Fsp3) is 0.625. The highest BCUT2D eigenvalue weighted by molar-refractivity contribution is 9.11. The fourth-order valence-corrected chi connectivity index (χ4v) is 2.21. The van der Waals surface area contributed by atoms with Gasteiger partial charge in [-0.3, -0.25) is 4.79 Å². The number of carbonyl (C=O) groups is 1. The van der Waals surface area contributed by atoms with Gasteiger partial charge in [-0.2, -0.15) is 0 Å². The molecule has 0 saturated carbocycles. The van der Waals surface area contributed by atoms with E-state index in [0.717, 1.165) is 22.8 Å². The number of carbonyl (C=O) groups excluding carboxylic acids is 1. The molecule has 0 saturated heterocycles. The van der Waals surface area contributed by atoms with Crippen LogP contribution >= 0.6 is 15.9 Å². The Morgan fingerprint density at radius 2 is 2.33 bits per heavy atom. The Morgan fingerprint density at radius 3 is 2.83 bits per heavy atom. The summed E-state index contributed by atoms with van der Waals surface area (Å²) >= 11 is 3.36. The van der Waals surface area contributed by atoms with Crippen molar-refractivity contribution in [2.24, 2.45) is 5.92 Å². The van der Waals surface area contributed by atoms with Crippen LogP contribution in [0.2, 0.25) is 0 Å². The SMILES string of the molecule is CC1CC(Br)=C(C=O)CC1[NH2+]O. The summed E-state index contributed by atoms with van der Waals surface area (Å²) < 4.78 is 0.989. The quantitative estimate of drug-likeness (QED) is 0.543. The molecular formula is C8H13BrNO2+. The van der Waals surface area contributed by atoms with Crippen LogP contribution < -0.4 is 5.48 Å². The van der Waals surface area contributed by atoms with Gasteiger partial charge in [0.2, 0.25) is 0 Å². The lowest BCUT2D eigenvalue weighted by Gasteiger charge is -2.24. The van der Waals surface area contributed by atoms with Gasteiger partial charge in [0.25, 0.3) is 0 Å². The molecule has 0 aromatic rings. The maximum Gasteiger partial charge on any atom is 0.147 e. The van der Waals surface area contributed by atoms with E-state index in [1.807, 2.05) is 0 Å². The average Bonchev–Trinajstić information content (AvgIpc) is 2.05. The molecule has 12 heavy (non-hydrogen) atoms. The standard InChI is InChI=1S/C8H12BrNO2/c1-5-2-7(9)6(4-11)3-8(5)10-12/h4-5,8,10,12H,2-3H2,1H3/p+1. The minimum Gasteiger partial charge on any atom is -0.298 e. The van der Waals surface area contributed by atoms with Gasteiger partial charge in [-0.1, -0.05) is 22.9 Å². The van der Waals surface area contributed by atoms with E-state index in [0.29, 0.717) is 12.3 Å². The molecule has 68 valence electrons. The molecule has 0 heterocycles. The molecule has 4 heteroatoms. The maximum absolute atomic E-state index is 10.6. The number of nitrogens with two attached hydrogens (primary N) is 1. The lowest BCUT2D eigenvalue weighted by molar-refractivity contribution is -0.913. The van der Waals surface area contributed by atoms with Crippen LogP contribution in [0.25, 0.3) is 0 Å². The Bertz CT molecular complexity index is 215. The largest absolute Gasteiger partial charge is 0.298 e. The molecule has 0 radical (unpaired) electrons. The Labute approximate surface area is 79.9 Å². The van der Waals surface area contributed by atoms with Crippen LogP contribution in [0.15, 0.2) is 10.1 Å². The van der Waals surface area contributed by atoms with Gasteiger partial charge in [-0.25, -0.2) is 10.7 Å². The number of halogens is 1. The predicted molar refractivity (Wildman–Crippen MR) is 47.9 cm³/mol. The van der Waals surface area contributed by atoms with E-state index in [9.17, 15) is 4.79 Å². The third-order valence-corrected chi connectivity index (χ3v) is 3.20. The zero-order chi connectivity index (χ0) is 9.14. The summed E-state index contributed by atoms with van der Waals surface area (Å²) in [6.45, 7) is 2.07. The van der Waals surface area contributed by atoms with Crippen molar-refractivity contribution in [1.82, 2.24) is 0 Å². The zero-order valence-electron chi connectivity index (χ0n) is 6.96. The predicted octanol–water partition coefficient (Wildman–Crippen LogP) is 0.585. The first-order valence-corrected chi connectivity index (χ1v) is 4.78. The third-order valence-electron chi connectivity index (χ3n) is 2.37. The minimum absolute atomic E-state index is 0.131. The van der Waals surface area contributed by atoms with Crippen LogP contribution in [0.4, 0.5) is 0 Å². The molecule has 0 bridgehead atoms. The third kappa shape index (κ3) is 1.94. The summed E-state index contributed by atoms with van der Waals surface area (Å²) in [5.74, 6) is 0.410. The maximum atomic E-state index is 10.6. The first-order valence-electron chi connectivity index (χ1n) is 3.99. The van der Waals surface area contributed by atoms with Crippen molar-refractivity contribution in [2.45, 2.75) is 25.8 Å². The van der Waals surface area contributed by atoms with Gasteiger partial charge in [0.15, 0.2) is 0 Å². The highest BCUT2D eigenvalue weighted by Gasteiger charge is 2.28. The fourth-order valence-electron chi connectivity index (χ4n) is 1.44. The number of aldehydes is 1. The molecule has 0 aromatic heterocycles. The lowest BCUT2D eigenvalue weighted by atomic mass is 9.87. The van der Waals surface area contributed by atoms with E-state index in [-0.39, 0.29) is 6.04 Å². The van der Waals surface area contributed by atoms with Crippen molar-refractivity contribution >= 4 is 22.2 Å². The molecule has 0 fully saturated rings. The second-order valence-corrected chi connectivity index (χ2v) is 4.20. The molecule has 3 nitrogen and oxygen atoms in total. The number of hydroxylamine groups is 1. The second-order valence-electron chi connectivity index (χ2n) is 3.25. The molecule has 0 amide bonds. The summed E-state index contributed by atoms with van der Waals surface area (Å²) in [5, 5.41) is 8.88. The van der Waals surface area contributed by atoms with E-state index in [1.165, 1.54) is 5.48 Å². The van der Waals surface area contributed by atoms with Crippen LogP contribution in [0.3, 0.4) is 0 Å². The molecule has 2 unspecified atom stereocenters. The molecule has 0 aliphatic heterocycles. The molecular weight excluding hydrogens is 222 g/mol. The van der Waals surface area contributed by atoms with Crippen LogP contribution in [-0.2, 0) is 4.79 Å². The minimum atomic E-state index is 0.131. The molecule has 2 atom stereocenters. The summed E-state index contributed by atoms with van der Waals surface area (Å²) in [5.41, 5.74) is 1.98. The average molecular weight is 235 g/mol. The van der Waals surface area contributed by atoms with Crippen LogP contribution in [0, 0.1) is 5.92 Å². The molecule has 0 aromatic carbocycles. The molecule has 3 N–H and O–H groups in total. The van der Waals surface area contributed by atoms with Crippen molar-refractivity contribution in [2.75, 3.05) is 0 Å². The normalized spacial score (nSPS) is 30.6. The highest BCUT2D eigenvalue weighted by Crippen LogP contribution is 2.30. The summed E-state index contributed by atoms with van der Waals surface area (Å²) in [6, 6.07) is 0.131. The number of allylic oxidation sites excluding steroid dienone is 1. The first-order chi connectivity index (χ1) is 5.69. The second kappa shape index (κ2) is 4.16. The van der Waals surface area contributed by atoms with Gasteiger partial charge in [0, 0.05) is 22.4 Å². The van der Waals surface area contributed by atoms with Gasteiger partial charge in [0.05, 0.1) is 0 Å².